The monoisotopic (exact) mass is 460 g/mol. The molecule has 1 nitrogen and oxygen atoms in total. The van der Waals surface area contributed by atoms with E-state index in [4.69, 9.17) is 0 Å². The molecule has 2 heteroatoms. The van der Waals surface area contributed by atoms with E-state index in [-0.39, 0.29) is 0 Å². The van der Waals surface area contributed by atoms with E-state index in [2.05, 4.69) is 145 Å². The lowest BCUT2D eigenvalue weighted by atomic mass is 10.0. The molecule has 5 aromatic carbocycles. The van der Waals surface area contributed by atoms with Gasteiger partial charge in [0.15, 0.2) is 0 Å². The molecule has 0 spiro atoms. The molecule has 34 heavy (non-hydrogen) atoms. The third kappa shape index (κ3) is 4.55. The second kappa shape index (κ2) is 10.3. The minimum absolute atomic E-state index is 0.944. The predicted octanol–water partition coefficient (Wildman–Crippen LogP) is 6.27. The molecule has 0 fully saturated rings. The molecule has 0 amide bonds. The van der Waals surface area contributed by atoms with Gasteiger partial charge in [0.2, 0.25) is 0 Å². The highest BCUT2D eigenvalue weighted by Gasteiger charge is 2.44. The highest BCUT2D eigenvalue weighted by molar-refractivity contribution is 7.95. The zero-order valence-electron chi connectivity index (χ0n) is 19.7. The topological polar surface area (TPSA) is 3.24 Å². The van der Waals surface area contributed by atoms with Gasteiger partial charge in [-0.15, -0.1) is 0 Å². The van der Waals surface area contributed by atoms with E-state index < -0.39 is 7.26 Å². The van der Waals surface area contributed by atoms with Crippen LogP contribution in [0.3, 0.4) is 0 Å². The molecule has 0 saturated heterocycles. The number of fused-ring (bicyclic) bond motifs is 1. The number of rotatable bonds is 8. The third-order valence-electron chi connectivity index (χ3n) is 6.73. The first-order valence-electron chi connectivity index (χ1n) is 12.0. The van der Waals surface area contributed by atoms with E-state index in [0.717, 1.165) is 19.3 Å². The summed E-state index contributed by atoms with van der Waals surface area (Å²) in [7, 11) is 0.460. The van der Waals surface area contributed by atoms with E-state index in [1.165, 1.54) is 32.2 Å². The summed E-state index contributed by atoms with van der Waals surface area (Å²) in [6.45, 7) is 1.97. The van der Waals surface area contributed by atoms with Gasteiger partial charge < -0.3 is 0 Å². The van der Waals surface area contributed by atoms with E-state index in [1.54, 1.807) is 0 Å². The summed E-state index contributed by atoms with van der Waals surface area (Å²) in [6, 6.07) is 48.9. The van der Waals surface area contributed by atoms with Crippen LogP contribution in [0.1, 0.15) is 5.56 Å². The van der Waals surface area contributed by atoms with Gasteiger partial charge in [-0.1, -0.05) is 97.1 Å². The molecule has 5 rings (SSSR count). The molecule has 0 atom stereocenters. The molecular formula is C32H31NP+. The summed E-state index contributed by atoms with van der Waals surface area (Å²) >= 11 is 0. The van der Waals surface area contributed by atoms with Crippen LogP contribution < -0.4 is 15.9 Å². The Bertz CT molecular complexity index is 1230. The van der Waals surface area contributed by atoms with Crippen LogP contribution in [0.4, 0.5) is 0 Å². The maximum absolute atomic E-state index is 2.49. The molecule has 0 heterocycles. The summed E-state index contributed by atoms with van der Waals surface area (Å²) in [5.41, 5.74) is 1.39. The molecule has 0 aliphatic carbocycles. The Hall–Kier alpha value is -3.25. The molecule has 5 aromatic rings. The average Bonchev–Trinajstić information content (AvgIpc) is 2.91. The van der Waals surface area contributed by atoms with Gasteiger partial charge in [0.25, 0.3) is 0 Å². The molecule has 0 saturated carbocycles. The van der Waals surface area contributed by atoms with Crippen molar-refractivity contribution in [1.82, 2.24) is 4.90 Å². The van der Waals surface area contributed by atoms with Crippen molar-refractivity contribution in [2.24, 2.45) is 0 Å². The van der Waals surface area contributed by atoms with Crippen LogP contribution in [-0.4, -0.2) is 24.7 Å². The van der Waals surface area contributed by atoms with Crippen LogP contribution in [0.2, 0.25) is 0 Å². The van der Waals surface area contributed by atoms with E-state index >= 15 is 0 Å². The highest BCUT2D eigenvalue weighted by Crippen LogP contribution is 2.55. The number of hydrogen-bond donors (Lipinski definition) is 0. The smallest absolute Gasteiger partial charge is 0.113 e. The molecule has 0 aromatic heterocycles. The molecular weight excluding hydrogens is 429 g/mol. The molecule has 168 valence electrons. The van der Waals surface area contributed by atoms with E-state index in [9.17, 15) is 0 Å². The number of benzene rings is 5. The molecule has 0 bridgehead atoms. The summed E-state index contributed by atoms with van der Waals surface area (Å²) in [5, 5.41) is 7.02. The Balaban J connectivity index is 1.51. The van der Waals surface area contributed by atoms with Gasteiger partial charge in [-0.3, -0.25) is 4.90 Å². The summed E-state index contributed by atoms with van der Waals surface area (Å²) in [5.74, 6) is 0. The first kappa shape index (κ1) is 22.5. The minimum Gasteiger partial charge on any atom is -0.298 e. The summed E-state index contributed by atoms with van der Waals surface area (Å²) < 4.78 is 0. The zero-order chi connectivity index (χ0) is 23.2. The van der Waals surface area contributed by atoms with Crippen molar-refractivity contribution in [3.63, 3.8) is 0 Å². The SMILES string of the molecule is CN(CC[P+](c1ccccc1)(c1ccccc1)c1ccccc1)Cc1cccc2ccccc12. The predicted molar refractivity (Wildman–Crippen MR) is 150 cm³/mol. The zero-order valence-corrected chi connectivity index (χ0v) is 20.6. The van der Waals surface area contributed by atoms with Crippen LogP contribution in [0.5, 0.6) is 0 Å². The normalized spacial score (nSPS) is 11.7. The van der Waals surface area contributed by atoms with Crippen LogP contribution in [0, 0.1) is 0 Å². The lowest BCUT2D eigenvalue weighted by Gasteiger charge is -2.29. The van der Waals surface area contributed by atoms with Crippen LogP contribution in [0.25, 0.3) is 10.8 Å². The maximum atomic E-state index is 2.49. The molecule has 0 aliphatic heterocycles. The number of hydrogen-bond acceptors (Lipinski definition) is 1. The van der Waals surface area contributed by atoms with Crippen LogP contribution >= 0.6 is 7.26 Å². The van der Waals surface area contributed by atoms with Crippen molar-refractivity contribution >= 4 is 33.9 Å². The quantitative estimate of drug-likeness (QED) is 0.247. The lowest BCUT2D eigenvalue weighted by Crippen LogP contribution is -2.37. The Morgan fingerprint density at radius 1 is 0.529 bits per heavy atom. The minimum atomic E-state index is -1.80. The molecule has 0 radical (unpaired) electrons. The highest BCUT2D eigenvalue weighted by atomic mass is 31.2. The van der Waals surface area contributed by atoms with Crippen molar-refractivity contribution < 1.29 is 0 Å². The van der Waals surface area contributed by atoms with Crippen molar-refractivity contribution in [2.45, 2.75) is 6.54 Å². The van der Waals surface area contributed by atoms with E-state index in [0.29, 0.717) is 0 Å². The Morgan fingerprint density at radius 2 is 1.00 bits per heavy atom. The Labute approximate surface area is 204 Å². The van der Waals surface area contributed by atoms with Gasteiger partial charge in [-0.25, -0.2) is 0 Å². The first-order valence-corrected chi connectivity index (χ1v) is 13.9. The maximum Gasteiger partial charge on any atom is 0.113 e. The second-order valence-electron chi connectivity index (χ2n) is 8.92. The van der Waals surface area contributed by atoms with Gasteiger partial charge >= 0.3 is 0 Å². The van der Waals surface area contributed by atoms with Crippen molar-refractivity contribution in [1.29, 1.82) is 0 Å². The van der Waals surface area contributed by atoms with Crippen LogP contribution in [0.15, 0.2) is 133 Å². The molecule has 0 aliphatic rings. The van der Waals surface area contributed by atoms with Gasteiger partial charge in [0, 0.05) is 13.1 Å². The van der Waals surface area contributed by atoms with Crippen LogP contribution in [-0.2, 0) is 6.54 Å². The molecule has 0 unspecified atom stereocenters. The fraction of sp³-hybridized carbons (Fsp3) is 0.125. The molecule has 0 N–H and O–H groups in total. The fourth-order valence-corrected chi connectivity index (χ4v) is 9.36. The van der Waals surface area contributed by atoms with E-state index in [1.807, 2.05) is 0 Å². The van der Waals surface area contributed by atoms with Crippen molar-refractivity contribution in [3.05, 3.63) is 139 Å². The third-order valence-corrected chi connectivity index (χ3v) is 11.1. The standard InChI is InChI=1S/C32H31NP/c1-33(26-28-16-13-15-27-14-11-12-23-32(27)28)24-25-34(29-17-5-2-6-18-29,30-19-7-3-8-20-30)31-21-9-4-10-22-31/h2-23H,24-26H2,1H3/q+1. The van der Waals surface area contributed by atoms with Gasteiger partial charge in [0.1, 0.15) is 23.2 Å². The van der Waals surface area contributed by atoms with Gasteiger partial charge in [-0.05, 0) is 59.8 Å². The summed E-state index contributed by atoms with van der Waals surface area (Å²) in [6.07, 6.45) is 1.10. The second-order valence-corrected chi connectivity index (χ2v) is 12.5. The lowest BCUT2D eigenvalue weighted by molar-refractivity contribution is 0.349. The fourth-order valence-electron chi connectivity index (χ4n) is 5.00. The average molecular weight is 461 g/mol. The first-order chi connectivity index (χ1) is 16.8. The summed E-state index contributed by atoms with van der Waals surface area (Å²) in [4.78, 5) is 2.49. The largest absolute Gasteiger partial charge is 0.298 e. The van der Waals surface area contributed by atoms with Crippen molar-refractivity contribution in [2.75, 3.05) is 19.8 Å². The Morgan fingerprint density at radius 3 is 1.56 bits per heavy atom. The van der Waals surface area contributed by atoms with Gasteiger partial charge in [-0.2, -0.15) is 0 Å². The van der Waals surface area contributed by atoms with Crippen molar-refractivity contribution in [3.8, 4) is 0 Å². The Kier molecular flexibility index (Phi) is 6.86. The number of nitrogens with zero attached hydrogens (tertiary/aromatic N) is 1. The van der Waals surface area contributed by atoms with Gasteiger partial charge in [0.05, 0.1) is 6.16 Å².